The van der Waals surface area contributed by atoms with E-state index < -0.39 is 0 Å². The van der Waals surface area contributed by atoms with Gasteiger partial charge in [0, 0.05) is 10.6 Å². The first kappa shape index (κ1) is 16.5. The van der Waals surface area contributed by atoms with E-state index >= 15 is 0 Å². The third-order valence-corrected chi connectivity index (χ3v) is 4.41. The second-order valence-electron chi connectivity index (χ2n) is 4.79. The van der Waals surface area contributed by atoms with E-state index in [4.69, 9.17) is 16.3 Å². The molecule has 0 atom stereocenters. The predicted octanol–water partition coefficient (Wildman–Crippen LogP) is 3.30. The molecule has 3 rings (SSSR count). The van der Waals surface area contributed by atoms with Crippen LogP contribution in [0.2, 0.25) is 5.02 Å². The number of carbonyl (C=O) groups excluding carboxylic acids is 1. The van der Waals surface area contributed by atoms with Crippen LogP contribution in [0.1, 0.15) is 10.4 Å². The molecule has 0 saturated carbocycles. The number of ketones is 1. The first-order chi connectivity index (χ1) is 11.7. The van der Waals surface area contributed by atoms with Gasteiger partial charge in [-0.25, -0.2) is 0 Å². The second-order valence-corrected chi connectivity index (χ2v) is 6.17. The summed E-state index contributed by atoms with van der Waals surface area (Å²) in [6.45, 7) is 0. The number of aromatic nitrogens is 4. The molecule has 24 heavy (non-hydrogen) atoms. The largest absolute Gasteiger partial charge is 0.497 e. The first-order valence-electron chi connectivity index (χ1n) is 7.02. The van der Waals surface area contributed by atoms with Gasteiger partial charge in [0.25, 0.3) is 0 Å². The molecule has 2 aromatic carbocycles. The number of carbonyl (C=O) groups is 1. The van der Waals surface area contributed by atoms with Crippen LogP contribution in [0.5, 0.6) is 5.75 Å². The lowest BCUT2D eigenvalue weighted by atomic mass is 10.1. The Hall–Kier alpha value is -2.38. The van der Waals surface area contributed by atoms with Crippen molar-refractivity contribution in [2.45, 2.75) is 5.16 Å². The highest BCUT2D eigenvalue weighted by atomic mass is 35.5. The Morgan fingerprint density at radius 3 is 2.79 bits per heavy atom. The average Bonchev–Trinajstić information content (AvgIpc) is 3.09. The highest BCUT2D eigenvalue weighted by Gasteiger charge is 2.13. The summed E-state index contributed by atoms with van der Waals surface area (Å²) in [5.41, 5.74) is 1.37. The quantitative estimate of drug-likeness (QED) is 0.496. The Kier molecular flexibility index (Phi) is 5.12. The number of thioether (sulfide) groups is 1. The Balaban J connectivity index is 1.72. The zero-order valence-electron chi connectivity index (χ0n) is 12.7. The van der Waals surface area contributed by atoms with Gasteiger partial charge in [0.15, 0.2) is 5.78 Å². The topological polar surface area (TPSA) is 69.9 Å². The Labute approximate surface area is 147 Å². The van der Waals surface area contributed by atoms with Crippen molar-refractivity contribution >= 4 is 29.1 Å². The number of methoxy groups -OCH3 is 1. The van der Waals surface area contributed by atoms with E-state index in [-0.39, 0.29) is 11.5 Å². The summed E-state index contributed by atoms with van der Waals surface area (Å²) >= 11 is 7.16. The van der Waals surface area contributed by atoms with E-state index in [2.05, 4.69) is 15.5 Å². The van der Waals surface area contributed by atoms with Gasteiger partial charge in [-0.2, -0.15) is 4.68 Å². The molecular formula is C16H13ClN4O2S. The molecule has 0 bridgehead atoms. The van der Waals surface area contributed by atoms with E-state index in [9.17, 15) is 4.79 Å². The second kappa shape index (κ2) is 7.46. The standard InChI is InChI=1S/C16H13ClN4O2S/c1-23-14-4-2-3-11(9-14)15(22)10-24-16-18-19-20-21(16)13-7-5-12(17)6-8-13/h2-9H,10H2,1H3. The maximum absolute atomic E-state index is 12.3. The third kappa shape index (κ3) is 3.74. The molecule has 0 amide bonds. The molecule has 1 aromatic heterocycles. The number of halogens is 1. The summed E-state index contributed by atoms with van der Waals surface area (Å²) in [7, 11) is 1.57. The van der Waals surface area contributed by atoms with Gasteiger partial charge in [-0.3, -0.25) is 4.79 Å². The van der Waals surface area contributed by atoms with Crippen LogP contribution in [0.3, 0.4) is 0 Å². The number of hydrogen-bond donors (Lipinski definition) is 0. The van der Waals surface area contributed by atoms with Crippen molar-refractivity contribution in [1.82, 2.24) is 20.2 Å². The summed E-state index contributed by atoms with van der Waals surface area (Å²) in [6.07, 6.45) is 0. The number of hydrogen-bond acceptors (Lipinski definition) is 6. The van der Waals surface area contributed by atoms with Gasteiger partial charge in [-0.15, -0.1) is 5.10 Å². The van der Waals surface area contributed by atoms with Crippen LogP contribution in [0.15, 0.2) is 53.7 Å². The van der Waals surface area contributed by atoms with Gasteiger partial charge in [0.1, 0.15) is 5.75 Å². The number of ether oxygens (including phenoxy) is 1. The molecular weight excluding hydrogens is 348 g/mol. The number of benzene rings is 2. The highest BCUT2D eigenvalue weighted by Crippen LogP contribution is 2.21. The Morgan fingerprint density at radius 1 is 1.25 bits per heavy atom. The molecule has 0 aliphatic heterocycles. The van der Waals surface area contributed by atoms with E-state index in [0.717, 1.165) is 5.69 Å². The van der Waals surface area contributed by atoms with Crippen molar-refractivity contribution in [2.75, 3.05) is 12.9 Å². The molecule has 8 heteroatoms. The summed E-state index contributed by atoms with van der Waals surface area (Å²) < 4.78 is 6.71. The van der Waals surface area contributed by atoms with Crippen molar-refractivity contribution in [2.24, 2.45) is 0 Å². The summed E-state index contributed by atoms with van der Waals surface area (Å²) in [4.78, 5) is 12.3. The lowest BCUT2D eigenvalue weighted by Crippen LogP contribution is -2.05. The molecule has 0 saturated heterocycles. The normalized spacial score (nSPS) is 10.6. The molecule has 0 N–H and O–H groups in total. The molecule has 0 radical (unpaired) electrons. The summed E-state index contributed by atoms with van der Waals surface area (Å²) in [5, 5.41) is 12.8. The minimum atomic E-state index is -0.0236. The van der Waals surface area contributed by atoms with Crippen molar-refractivity contribution in [3.63, 3.8) is 0 Å². The van der Waals surface area contributed by atoms with E-state index in [1.807, 2.05) is 12.1 Å². The fraction of sp³-hybridized carbons (Fsp3) is 0.125. The molecule has 0 fully saturated rings. The molecule has 0 aliphatic carbocycles. The number of tetrazole rings is 1. The van der Waals surface area contributed by atoms with E-state index in [1.165, 1.54) is 11.8 Å². The SMILES string of the molecule is COc1cccc(C(=O)CSc2nnnn2-c2ccc(Cl)cc2)c1. The highest BCUT2D eigenvalue weighted by molar-refractivity contribution is 7.99. The molecule has 3 aromatic rings. The number of nitrogens with zero attached hydrogens (tertiary/aromatic N) is 4. The van der Waals surface area contributed by atoms with Crippen LogP contribution in [0.25, 0.3) is 5.69 Å². The minimum Gasteiger partial charge on any atom is -0.497 e. The van der Waals surface area contributed by atoms with Gasteiger partial charge < -0.3 is 4.74 Å². The van der Waals surface area contributed by atoms with Gasteiger partial charge in [0.2, 0.25) is 5.16 Å². The van der Waals surface area contributed by atoms with Crippen molar-refractivity contribution in [3.05, 3.63) is 59.1 Å². The molecule has 0 unspecified atom stereocenters. The van der Waals surface area contributed by atoms with Crippen molar-refractivity contribution in [3.8, 4) is 11.4 Å². The Morgan fingerprint density at radius 2 is 2.04 bits per heavy atom. The van der Waals surface area contributed by atoms with Gasteiger partial charge in [0.05, 0.1) is 18.6 Å². The zero-order valence-corrected chi connectivity index (χ0v) is 14.3. The predicted molar refractivity (Wildman–Crippen MR) is 92.2 cm³/mol. The monoisotopic (exact) mass is 360 g/mol. The fourth-order valence-electron chi connectivity index (χ4n) is 2.02. The van der Waals surface area contributed by atoms with Crippen LogP contribution < -0.4 is 4.74 Å². The summed E-state index contributed by atoms with van der Waals surface area (Å²) in [5.74, 6) is 0.850. The van der Waals surface area contributed by atoms with Crippen LogP contribution in [0, 0.1) is 0 Å². The van der Waals surface area contributed by atoms with Crippen LogP contribution in [-0.4, -0.2) is 38.9 Å². The molecule has 0 aliphatic rings. The third-order valence-electron chi connectivity index (χ3n) is 3.24. The smallest absolute Gasteiger partial charge is 0.214 e. The van der Waals surface area contributed by atoms with E-state index in [1.54, 1.807) is 48.2 Å². The van der Waals surface area contributed by atoms with Crippen LogP contribution in [0.4, 0.5) is 0 Å². The molecule has 1 heterocycles. The molecule has 122 valence electrons. The summed E-state index contributed by atoms with van der Waals surface area (Å²) in [6, 6.07) is 14.2. The lowest BCUT2D eigenvalue weighted by Gasteiger charge is -2.05. The number of rotatable bonds is 6. The molecule has 0 spiro atoms. The van der Waals surface area contributed by atoms with Gasteiger partial charge in [-0.1, -0.05) is 35.5 Å². The average molecular weight is 361 g/mol. The maximum atomic E-state index is 12.3. The van der Waals surface area contributed by atoms with Crippen LogP contribution in [-0.2, 0) is 0 Å². The fourth-order valence-corrected chi connectivity index (χ4v) is 2.93. The van der Waals surface area contributed by atoms with E-state index in [0.29, 0.717) is 21.5 Å². The first-order valence-corrected chi connectivity index (χ1v) is 8.38. The molecule has 6 nitrogen and oxygen atoms in total. The lowest BCUT2D eigenvalue weighted by molar-refractivity contribution is 0.102. The van der Waals surface area contributed by atoms with Gasteiger partial charge >= 0.3 is 0 Å². The van der Waals surface area contributed by atoms with Crippen molar-refractivity contribution < 1.29 is 9.53 Å². The maximum Gasteiger partial charge on any atom is 0.214 e. The minimum absolute atomic E-state index is 0.0236. The zero-order chi connectivity index (χ0) is 16.9. The van der Waals surface area contributed by atoms with Crippen LogP contribution >= 0.6 is 23.4 Å². The van der Waals surface area contributed by atoms with Crippen molar-refractivity contribution in [1.29, 1.82) is 0 Å². The van der Waals surface area contributed by atoms with Gasteiger partial charge in [-0.05, 0) is 46.8 Å². The Bertz CT molecular complexity index is 851. The number of Topliss-reactive ketones (excluding diaryl/α,β-unsaturated/α-hetero) is 1.